The van der Waals surface area contributed by atoms with E-state index < -0.39 is 0 Å². The van der Waals surface area contributed by atoms with Crippen LogP contribution in [0.2, 0.25) is 0 Å². The summed E-state index contributed by atoms with van der Waals surface area (Å²) in [5.41, 5.74) is 0.760. The number of carbonyl (C=O) groups is 2. The lowest BCUT2D eigenvalue weighted by atomic mass is 10.2. The molecule has 0 aromatic heterocycles. The third-order valence-electron chi connectivity index (χ3n) is 3.74. The first kappa shape index (κ1) is 19.7. The maximum Gasteiger partial charge on any atom is 0.320 e. The van der Waals surface area contributed by atoms with Crippen molar-refractivity contribution in [3.05, 3.63) is 29.8 Å². The summed E-state index contributed by atoms with van der Waals surface area (Å²) in [7, 11) is 2.85. The van der Waals surface area contributed by atoms with E-state index >= 15 is 0 Å². The highest BCUT2D eigenvalue weighted by Crippen LogP contribution is 2.28. The zero-order chi connectivity index (χ0) is 18.9. The first-order valence-electron chi connectivity index (χ1n) is 7.93. The van der Waals surface area contributed by atoms with Crippen molar-refractivity contribution in [2.24, 2.45) is 0 Å². The van der Waals surface area contributed by atoms with Crippen LogP contribution < -0.4 is 9.47 Å². The van der Waals surface area contributed by atoms with Gasteiger partial charge in [0.15, 0.2) is 18.1 Å². The molecule has 1 atom stereocenters. The van der Waals surface area contributed by atoms with Gasteiger partial charge in [-0.1, -0.05) is 6.07 Å². The number of ether oxygens (including phenoxy) is 3. The Balaban J connectivity index is 2.03. The van der Waals surface area contributed by atoms with E-state index in [1.165, 1.54) is 32.1 Å². The summed E-state index contributed by atoms with van der Waals surface area (Å²) in [4.78, 5) is 25.7. The number of thioether (sulfide) groups is 1. The van der Waals surface area contributed by atoms with Gasteiger partial charge in [0, 0.05) is 24.9 Å². The highest BCUT2D eigenvalue weighted by molar-refractivity contribution is 8.00. The molecule has 1 aliphatic heterocycles. The third-order valence-corrected chi connectivity index (χ3v) is 4.90. The first-order chi connectivity index (χ1) is 12.6. The Bertz CT molecular complexity index is 729. The van der Waals surface area contributed by atoms with Crippen LogP contribution in [0.15, 0.2) is 24.3 Å². The Morgan fingerprint density at radius 3 is 2.88 bits per heavy atom. The third kappa shape index (κ3) is 5.17. The Morgan fingerprint density at radius 1 is 1.38 bits per heavy atom. The molecule has 0 unspecified atom stereocenters. The SMILES string of the molecule is COC(=O)[C@@H]1CN(C(=O)/C=C/c2ccc(OCC#N)c(OC)c2)CCS1. The fourth-order valence-corrected chi connectivity index (χ4v) is 3.54. The van der Waals surface area contributed by atoms with Crippen LogP contribution >= 0.6 is 11.8 Å². The van der Waals surface area contributed by atoms with Gasteiger partial charge in [-0.05, 0) is 23.8 Å². The van der Waals surface area contributed by atoms with Crippen molar-refractivity contribution in [3.63, 3.8) is 0 Å². The van der Waals surface area contributed by atoms with Crippen molar-refractivity contribution in [1.29, 1.82) is 5.26 Å². The van der Waals surface area contributed by atoms with Gasteiger partial charge in [-0.2, -0.15) is 5.26 Å². The van der Waals surface area contributed by atoms with Crippen molar-refractivity contribution in [2.75, 3.05) is 39.7 Å². The molecule has 0 radical (unpaired) electrons. The van der Waals surface area contributed by atoms with Crippen LogP contribution in [-0.2, 0) is 14.3 Å². The molecule has 1 aromatic carbocycles. The standard InChI is InChI=1S/C18H20N2O5S/c1-23-15-11-13(3-5-14(15)25-9-7-19)4-6-17(21)20-8-10-26-16(12-20)18(22)24-2/h3-6,11,16H,8-10,12H2,1-2H3/b6-4+/t16-/m0/s1. The molecule has 1 aromatic rings. The second-order valence-electron chi connectivity index (χ2n) is 5.36. The van der Waals surface area contributed by atoms with Gasteiger partial charge >= 0.3 is 5.97 Å². The number of hydrogen-bond acceptors (Lipinski definition) is 7. The lowest BCUT2D eigenvalue weighted by Gasteiger charge is -2.30. The van der Waals surface area contributed by atoms with E-state index in [9.17, 15) is 9.59 Å². The van der Waals surface area contributed by atoms with Gasteiger partial charge in [0.1, 0.15) is 11.3 Å². The van der Waals surface area contributed by atoms with Crippen LogP contribution in [0.5, 0.6) is 11.5 Å². The Morgan fingerprint density at radius 2 is 2.19 bits per heavy atom. The monoisotopic (exact) mass is 376 g/mol. The van der Waals surface area contributed by atoms with Gasteiger partial charge in [-0.15, -0.1) is 11.8 Å². The van der Waals surface area contributed by atoms with E-state index in [-0.39, 0.29) is 23.7 Å². The summed E-state index contributed by atoms with van der Waals surface area (Å²) in [6.07, 6.45) is 3.14. The van der Waals surface area contributed by atoms with Crippen LogP contribution in [0.4, 0.5) is 0 Å². The van der Waals surface area contributed by atoms with Crippen LogP contribution in [0.25, 0.3) is 6.08 Å². The Kier molecular flexibility index (Phi) is 7.36. The molecule has 0 bridgehead atoms. The van der Waals surface area contributed by atoms with E-state index in [1.54, 1.807) is 29.2 Å². The summed E-state index contributed by atoms with van der Waals surface area (Å²) in [5, 5.41) is 8.24. The second kappa shape index (κ2) is 9.73. The highest BCUT2D eigenvalue weighted by Gasteiger charge is 2.28. The van der Waals surface area contributed by atoms with Crippen molar-refractivity contribution in [1.82, 2.24) is 4.90 Å². The number of amides is 1. The van der Waals surface area contributed by atoms with Gasteiger partial charge in [-0.25, -0.2) is 0 Å². The molecular weight excluding hydrogens is 356 g/mol. The first-order valence-corrected chi connectivity index (χ1v) is 8.98. The van der Waals surface area contributed by atoms with Crippen LogP contribution in [0.3, 0.4) is 0 Å². The smallest absolute Gasteiger partial charge is 0.320 e. The van der Waals surface area contributed by atoms with E-state index in [2.05, 4.69) is 0 Å². The zero-order valence-electron chi connectivity index (χ0n) is 14.6. The molecule has 1 heterocycles. The minimum Gasteiger partial charge on any atom is -0.493 e. The molecule has 7 nitrogen and oxygen atoms in total. The van der Waals surface area contributed by atoms with Crippen LogP contribution in [0, 0.1) is 11.3 Å². The molecule has 8 heteroatoms. The second-order valence-corrected chi connectivity index (χ2v) is 6.67. The normalized spacial score (nSPS) is 16.8. The number of rotatable bonds is 6. The van der Waals surface area contributed by atoms with Gasteiger partial charge < -0.3 is 19.1 Å². The fourth-order valence-electron chi connectivity index (χ4n) is 2.41. The predicted octanol–water partition coefficient (Wildman–Crippen LogP) is 1.73. The molecule has 0 aliphatic carbocycles. The lowest BCUT2D eigenvalue weighted by molar-refractivity contribution is -0.140. The quantitative estimate of drug-likeness (QED) is 0.552. The average Bonchev–Trinajstić information content (AvgIpc) is 2.70. The van der Waals surface area contributed by atoms with Gasteiger partial charge in [0.05, 0.1) is 14.2 Å². The minimum absolute atomic E-state index is 0.0711. The molecule has 1 fully saturated rings. The molecule has 26 heavy (non-hydrogen) atoms. The van der Waals surface area contributed by atoms with Gasteiger partial charge in [0.2, 0.25) is 5.91 Å². The number of nitrogens with zero attached hydrogens (tertiary/aromatic N) is 2. The summed E-state index contributed by atoms with van der Waals surface area (Å²) in [5.74, 6) is 1.16. The summed E-state index contributed by atoms with van der Waals surface area (Å²) >= 11 is 1.50. The highest BCUT2D eigenvalue weighted by atomic mass is 32.2. The number of methoxy groups -OCH3 is 2. The number of esters is 1. The molecule has 1 saturated heterocycles. The number of nitriles is 1. The van der Waals surface area contributed by atoms with Gasteiger partial charge in [0.25, 0.3) is 0 Å². The van der Waals surface area contributed by atoms with E-state index in [0.29, 0.717) is 30.3 Å². The van der Waals surface area contributed by atoms with Crippen LogP contribution in [0.1, 0.15) is 5.56 Å². The predicted molar refractivity (Wildman–Crippen MR) is 98.0 cm³/mol. The molecule has 0 N–H and O–H groups in total. The van der Waals surface area contributed by atoms with E-state index in [0.717, 1.165) is 5.56 Å². The van der Waals surface area contributed by atoms with Gasteiger partial charge in [-0.3, -0.25) is 9.59 Å². The molecule has 0 saturated carbocycles. The van der Waals surface area contributed by atoms with E-state index in [4.69, 9.17) is 19.5 Å². The molecule has 2 rings (SSSR count). The summed E-state index contributed by atoms with van der Waals surface area (Å²) in [6.45, 7) is 0.856. The van der Waals surface area contributed by atoms with Crippen molar-refractivity contribution in [3.8, 4) is 17.6 Å². The van der Waals surface area contributed by atoms with Crippen molar-refractivity contribution in [2.45, 2.75) is 5.25 Å². The largest absolute Gasteiger partial charge is 0.493 e. The Hall–Kier alpha value is -2.66. The van der Waals surface area contributed by atoms with Crippen molar-refractivity contribution < 1.29 is 23.8 Å². The summed E-state index contributed by atoms with van der Waals surface area (Å²) < 4.78 is 15.3. The maximum atomic E-state index is 12.4. The number of hydrogen-bond donors (Lipinski definition) is 0. The van der Waals surface area contributed by atoms with Crippen LogP contribution in [-0.4, -0.2) is 61.7 Å². The maximum absolute atomic E-state index is 12.4. The van der Waals surface area contributed by atoms with E-state index in [1.807, 2.05) is 6.07 Å². The number of benzene rings is 1. The molecule has 138 valence electrons. The minimum atomic E-state index is -0.345. The molecule has 0 spiro atoms. The molecule has 1 aliphatic rings. The average molecular weight is 376 g/mol. The summed E-state index contributed by atoms with van der Waals surface area (Å²) in [6, 6.07) is 7.07. The zero-order valence-corrected chi connectivity index (χ0v) is 15.5. The lowest BCUT2D eigenvalue weighted by Crippen LogP contribution is -2.44. The topological polar surface area (TPSA) is 88.9 Å². The molecule has 1 amide bonds. The fraction of sp³-hybridized carbons (Fsp3) is 0.389. The van der Waals surface area contributed by atoms with Crippen molar-refractivity contribution >= 4 is 29.7 Å². The molecular formula is C18H20N2O5S. The Labute approximate surface area is 156 Å². The number of carbonyl (C=O) groups excluding carboxylic acids is 2.